The summed E-state index contributed by atoms with van der Waals surface area (Å²) >= 11 is 0. The highest BCUT2D eigenvalue weighted by atomic mass is 19.3. The van der Waals surface area contributed by atoms with Gasteiger partial charge in [0.05, 0.1) is 20.4 Å². The number of alkyl halides is 2. The van der Waals surface area contributed by atoms with E-state index in [0.717, 1.165) is 0 Å². The number of ketones is 1. The van der Waals surface area contributed by atoms with E-state index in [2.05, 4.69) is 9.89 Å². The Bertz CT molecular complexity index is 824. The second-order valence-corrected chi connectivity index (χ2v) is 5.38. The summed E-state index contributed by atoms with van der Waals surface area (Å²) in [5.74, 6) is 0.581. The summed E-state index contributed by atoms with van der Waals surface area (Å²) in [6.07, 6.45) is 1.40. The first-order valence-corrected chi connectivity index (χ1v) is 7.90. The van der Waals surface area contributed by atoms with Crippen LogP contribution in [0.4, 0.5) is 8.78 Å². The highest BCUT2D eigenvalue weighted by Crippen LogP contribution is 2.29. The van der Waals surface area contributed by atoms with Crippen molar-refractivity contribution >= 4 is 12.0 Å². The number of carbonyl (C=O) groups is 1. The Hall–Kier alpha value is -3.16. The zero-order valence-electron chi connectivity index (χ0n) is 15.1. The molecule has 0 heterocycles. The van der Waals surface area contributed by atoms with Crippen LogP contribution in [0.5, 0.6) is 17.2 Å². The fourth-order valence-electron chi connectivity index (χ4n) is 2.27. The minimum atomic E-state index is -2.94. The van der Waals surface area contributed by atoms with Crippen LogP contribution in [0.3, 0.4) is 0 Å². The predicted octanol–water partition coefficient (Wildman–Crippen LogP) is 4.06. The van der Waals surface area contributed by atoms with E-state index in [0.29, 0.717) is 22.4 Å². The fraction of sp³-hybridized carbons (Fsp3) is 0.263. The van der Waals surface area contributed by atoms with Crippen LogP contribution >= 0.6 is 0 Å². The Labute approximate surface area is 155 Å². The van der Waals surface area contributed by atoms with Gasteiger partial charge in [-0.1, -0.05) is 5.16 Å². The van der Waals surface area contributed by atoms with Crippen LogP contribution in [0.15, 0.2) is 41.6 Å². The second-order valence-electron chi connectivity index (χ2n) is 5.38. The van der Waals surface area contributed by atoms with Gasteiger partial charge >= 0.3 is 6.61 Å². The molecule has 0 atom stereocenters. The molecule has 0 N–H and O–H groups in total. The number of oxime groups is 1. The Balaban J connectivity index is 2.06. The van der Waals surface area contributed by atoms with Crippen LogP contribution in [0.2, 0.25) is 0 Å². The van der Waals surface area contributed by atoms with Crippen molar-refractivity contribution < 1.29 is 32.6 Å². The van der Waals surface area contributed by atoms with Crippen LogP contribution < -0.4 is 14.2 Å². The van der Waals surface area contributed by atoms with Gasteiger partial charge in [0.1, 0.15) is 12.4 Å². The molecule has 0 aliphatic rings. The molecule has 0 radical (unpaired) electrons. The SMILES string of the molecule is COc1ccc(C(C)=O)cc1CO/N=C\c1ccc(OC(F)F)c(OC)c1. The maximum absolute atomic E-state index is 12.3. The Morgan fingerprint density at radius 3 is 2.41 bits per heavy atom. The number of carbonyl (C=O) groups excluding carboxylic acids is 1. The molecule has 8 heteroatoms. The van der Waals surface area contributed by atoms with Gasteiger partial charge in [-0.2, -0.15) is 8.78 Å². The molecule has 0 saturated carbocycles. The van der Waals surface area contributed by atoms with Gasteiger partial charge in [0.15, 0.2) is 17.3 Å². The fourth-order valence-corrected chi connectivity index (χ4v) is 2.27. The lowest BCUT2D eigenvalue weighted by atomic mass is 10.1. The lowest BCUT2D eigenvalue weighted by molar-refractivity contribution is -0.0512. The minimum absolute atomic E-state index is 0.0689. The maximum atomic E-state index is 12.3. The number of methoxy groups -OCH3 is 2. The number of nitrogens with zero attached hydrogens (tertiary/aromatic N) is 1. The molecule has 0 fully saturated rings. The Morgan fingerprint density at radius 1 is 1.07 bits per heavy atom. The van der Waals surface area contributed by atoms with E-state index >= 15 is 0 Å². The summed E-state index contributed by atoms with van der Waals surface area (Å²) < 4.78 is 39.3. The summed E-state index contributed by atoms with van der Waals surface area (Å²) in [5, 5.41) is 3.84. The third-order valence-corrected chi connectivity index (χ3v) is 3.59. The van der Waals surface area contributed by atoms with Crippen molar-refractivity contribution in [2.75, 3.05) is 14.2 Å². The van der Waals surface area contributed by atoms with Crippen molar-refractivity contribution in [1.29, 1.82) is 0 Å². The zero-order valence-corrected chi connectivity index (χ0v) is 15.1. The molecule has 2 aromatic carbocycles. The summed E-state index contributed by atoms with van der Waals surface area (Å²) in [6, 6.07) is 9.41. The smallest absolute Gasteiger partial charge is 0.387 e. The van der Waals surface area contributed by atoms with Gasteiger partial charge in [-0.15, -0.1) is 0 Å². The van der Waals surface area contributed by atoms with E-state index in [9.17, 15) is 13.6 Å². The van der Waals surface area contributed by atoms with Crippen molar-refractivity contribution in [3.63, 3.8) is 0 Å². The van der Waals surface area contributed by atoms with Crippen LogP contribution in [0, 0.1) is 0 Å². The maximum Gasteiger partial charge on any atom is 0.387 e. The average Bonchev–Trinajstić information content (AvgIpc) is 2.65. The Morgan fingerprint density at radius 2 is 1.78 bits per heavy atom. The quantitative estimate of drug-likeness (QED) is 0.373. The third kappa shape index (κ3) is 5.67. The molecule has 2 rings (SSSR count). The first-order valence-electron chi connectivity index (χ1n) is 7.90. The van der Waals surface area contributed by atoms with E-state index in [1.54, 1.807) is 18.2 Å². The number of ether oxygens (including phenoxy) is 3. The highest BCUT2D eigenvalue weighted by molar-refractivity contribution is 5.94. The number of hydrogen-bond acceptors (Lipinski definition) is 6. The molecule has 0 aromatic heterocycles. The van der Waals surface area contributed by atoms with Gasteiger partial charge in [0.25, 0.3) is 0 Å². The van der Waals surface area contributed by atoms with E-state index in [4.69, 9.17) is 14.3 Å². The van der Waals surface area contributed by atoms with Gasteiger partial charge in [-0.05, 0) is 43.3 Å². The van der Waals surface area contributed by atoms with Crippen LogP contribution in [0.1, 0.15) is 28.4 Å². The average molecular weight is 379 g/mol. The predicted molar refractivity (Wildman–Crippen MR) is 95.0 cm³/mol. The van der Waals surface area contributed by atoms with Crippen molar-refractivity contribution in [3.05, 3.63) is 53.1 Å². The number of rotatable bonds is 9. The lowest BCUT2D eigenvalue weighted by Crippen LogP contribution is -2.03. The van der Waals surface area contributed by atoms with Crippen LogP contribution in [-0.4, -0.2) is 32.8 Å². The first-order chi connectivity index (χ1) is 12.9. The molecule has 0 aliphatic carbocycles. The number of Topliss-reactive ketones (excluding diaryl/α,β-unsaturated/α-hetero) is 1. The van der Waals surface area contributed by atoms with Crippen LogP contribution in [0.25, 0.3) is 0 Å². The molecule has 0 bridgehead atoms. The van der Waals surface area contributed by atoms with E-state index in [1.165, 1.54) is 45.6 Å². The molecule has 144 valence electrons. The molecule has 0 unspecified atom stereocenters. The molecular formula is C19H19F2NO5. The van der Waals surface area contributed by atoms with Gasteiger partial charge < -0.3 is 19.0 Å². The van der Waals surface area contributed by atoms with Crippen molar-refractivity contribution in [3.8, 4) is 17.2 Å². The normalized spacial score (nSPS) is 10.9. The highest BCUT2D eigenvalue weighted by Gasteiger charge is 2.11. The third-order valence-electron chi connectivity index (χ3n) is 3.59. The van der Waals surface area contributed by atoms with E-state index in [-0.39, 0.29) is 23.9 Å². The van der Waals surface area contributed by atoms with Gasteiger partial charge in [-0.25, -0.2) is 0 Å². The monoisotopic (exact) mass is 379 g/mol. The largest absolute Gasteiger partial charge is 0.496 e. The molecule has 0 aliphatic heterocycles. The second kappa shape index (κ2) is 9.51. The van der Waals surface area contributed by atoms with Crippen molar-refractivity contribution in [2.45, 2.75) is 20.1 Å². The molecule has 0 spiro atoms. The topological polar surface area (TPSA) is 66.4 Å². The minimum Gasteiger partial charge on any atom is -0.496 e. The Kier molecular flexibility index (Phi) is 7.10. The summed E-state index contributed by atoms with van der Waals surface area (Å²) in [4.78, 5) is 16.7. The first kappa shape index (κ1) is 20.2. The van der Waals surface area contributed by atoms with Gasteiger partial charge in [-0.3, -0.25) is 4.79 Å². The molecular weight excluding hydrogens is 360 g/mol. The lowest BCUT2D eigenvalue weighted by Gasteiger charge is -2.10. The van der Waals surface area contributed by atoms with Crippen molar-refractivity contribution in [2.24, 2.45) is 5.16 Å². The van der Waals surface area contributed by atoms with E-state index < -0.39 is 6.61 Å². The van der Waals surface area contributed by atoms with Crippen molar-refractivity contribution in [1.82, 2.24) is 0 Å². The molecule has 0 amide bonds. The van der Waals surface area contributed by atoms with Gasteiger partial charge in [0.2, 0.25) is 0 Å². The van der Waals surface area contributed by atoms with Crippen LogP contribution in [-0.2, 0) is 11.4 Å². The molecule has 27 heavy (non-hydrogen) atoms. The zero-order chi connectivity index (χ0) is 19.8. The standard InChI is InChI=1S/C19H19F2NO5/c1-12(23)14-5-7-16(24-2)15(9-14)11-26-22-10-13-4-6-17(27-19(20)21)18(8-13)25-3/h4-10,19H,11H2,1-3H3/b22-10-. The number of halogens is 2. The van der Waals surface area contributed by atoms with Gasteiger partial charge in [0, 0.05) is 16.7 Å². The summed E-state index contributed by atoms with van der Waals surface area (Å²) in [5.41, 5.74) is 1.77. The number of hydrogen-bond donors (Lipinski definition) is 0. The number of benzene rings is 2. The summed E-state index contributed by atoms with van der Waals surface area (Å²) in [6.45, 7) is -1.38. The van der Waals surface area contributed by atoms with E-state index in [1.807, 2.05) is 0 Å². The molecule has 0 saturated heterocycles. The molecule has 2 aromatic rings. The summed E-state index contributed by atoms with van der Waals surface area (Å²) in [7, 11) is 2.87. The molecule has 6 nitrogen and oxygen atoms in total.